The Balaban J connectivity index is 1.75. The van der Waals surface area contributed by atoms with Gasteiger partial charge in [0.25, 0.3) is 0 Å². The molecule has 4 rings (SSSR count). The van der Waals surface area contributed by atoms with Gasteiger partial charge in [0, 0.05) is 11.8 Å². The average molecular weight is 547 g/mol. The van der Waals surface area contributed by atoms with Gasteiger partial charge >= 0.3 is 10.4 Å². The minimum absolute atomic E-state index is 0.0207. The van der Waals surface area contributed by atoms with Crippen LogP contribution in [0.5, 0.6) is 0 Å². The highest BCUT2D eigenvalue weighted by atomic mass is 32.3. The molecule has 4 aliphatic carbocycles. The monoisotopic (exact) mass is 546 g/mol. The summed E-state index contributed by atoms with van der Waals surface area (Å²) in [6, 6.07) is 0. The van der Waals surface area contributed by atoms with Gasteiger partial charge in [0.15, 0.2) is 0 Å². The van der Waals surface area contributed by atoms with Crippen LogP contribution in [0.3, 0.4) is 0 Å². The normalized spacial score (nSPS) is 49.2. The van der Waals surface area contributed by atoms with Gasteiger partial charge in [-0.1, -0.05) is 32.4 Å². The van der Waals surface area contributed by atoms with Crippen LogP contribution in [0, 0.1) is 34.5 Å². The molecule has 0 saturated heterocycles. The molecule has 4 fully saturated rings. The molecule has 6 N–H and O–H groups in total. The first-order chi connectivity index (χ1) is 17.0. The van der Waals surface area contributed by atoms with Crippen molar-refractivity contribution in [1.29, 1.82) is 0 Å². The lowest BCUT2D eigenvalue weighted by atomic mass is 9.40. The minimum Gasteiger partial charge on any atom is -0.393 e. The third-order valence-electron chi connectivity index (χ3n) is 11.3. The van der Waals surface area contributed by atoms with Gasteiger partial charge in [-0.05, 0) is 87.4 Å². The Morgan fingerprint density at radius 3 is 2.43 bits per heavy atom. The largest absolute Gasteiger partial charge is 0.397 e. The molecule has 0 aliphatic heterocycles. The predicted octanol–water partition coefficient (Wildman–Crippen LogP) is 2.36. The Bertz CT molecular complexity index is 1000. The molecule has 10 heteroatoms. The molecular formula is C27H46O9S. The van der Waals surface area contributed by atoms with E-state index in [1.54, 1.807) is 0 Å². The molecule has 9 nitrogen and oxygen atoms in total. The zero-order valence-electron chi connectivity index (χ0n) is 22.5. The zero-order chi connectivity index (χ0) is 27.6. The van der Waals surface area contributed by atoms with Crippen LogP contribution in [0.25, 0.3) is 0 Å². The van der Waals surface area contributed by atoms with Crippen LogP contribution in [0.4, 0.5) is 0 Å². The predicted molar refractivity (Wildman–Crippen MR) is 137 cm³/mol. The summed E-state index contributed by atoms with van der Waals surface area (Å²) in [5, 5.41) is 56.0. The van der Waals surface area contributed by atoms with E-state index in [4.69, 9.17) is 4.18 Å². The highest BCUT2D eigenvalue weighted by Crippen LogP contribution is 2.71. The molecule has 37 heavy (non-hydrogen) atoms. The van der Waals surface area contributed by atoms with Gasteiger partial charge < -0.3 is 25.5 Å². The van der Waals surface area contributed by atoms with Crippen LogP contribution in [0.2, 0.25) is 0 Å². The molecule has 0 amide bonds. The number of hydrogen-bond donors (Lipinski definition) is 6. The first-order valence-electron chi connectivity index (χ1n) is 13.8. The molecule has 0 radical (unpaired) electrons. The lowest BCUT2D eigenvalue weighted by Gasteiger charge is -2.68. The summed E-state index contributed by atoms with van der Waals surface area (Å²) in [6.07, 6.45) is 3.17. The van der Waals surface area contributed by atoms with Crippen molar-refractivity contribution >= 4 is 10.4 Å². The van der Waals surface area contributed by atoms with E-state index in [2.05, 4.69) is 0 Å². The van der Waals surface area contributed by atoms with E-state index in [-0.39, 0.29) is 37.2 Å². The van der Waals surface area contributed by atoms with Gasteiger partial charge in [-0.25, -0.2) is 4.18 Å². The first-order valence-corrected chi connectivity index (χ1v) is 15.1. The van der Waals surface area contributed by atoms with E-state index >= 15 is 0 Å². The number of hydrogen-bond acceptors (Lipinski definition) is 8. The summed E-state index contributed by atoms with van der Waals surface area (Å²) >= 11 is 0. The Labute approximate surface area is 220 Å². The summed E-state index contributed by atoms with van der Waals surface area (Å²) in [7, 11) is -4.93. The molecule has 4 saturated carbocycles. The number of aliphatic hydroxyl groups is 5. The summed E-state index contributed by atoms with van der Waals surface area (Å²) in [6.45, 7) is 7.76. The Morgan fingerprint density at radius 1 is 1.14 bits per heavy atom. The number of fused-ring (bicyclic) bond motifs is 5. The van der Waals surface area contributed by atoms with Gasteiger partial charge in [0.05, 0.1) is 18.8 Å². The van der Waals surface area contributed by atoms with Gasteiger partial charge in [-0.3, -0.25) is 4.55 Å². The minimum atomic E-state index is -4.93. The lowest BCUT2D eigenvalue weighted by Crippen LogP contribution is -2.77. The van der Waals surface area contributed by atoms with E-state index in [0.29, 0.717) is 38.5 Å². The van der Waals surface area contributed by atoms with E-state index in [1.807, 2.05) is 33.8 Å². The maximum Gasteiger partial charge on any atom is 0.397 e. The molecule has 0 aromatic carbocycles. The topological polar surface area (TPSA) is 165 Å². The second kappa shape index (κ2) is 9.80. The van der Waals surface area contributed by atoms with E-state index in [1.165, 1.54) is 0 Å². The summed E-state index contributed by atoms with van der Waals surface area (Å²) < 4.78 is 38.7. The number of allylic oxidation sites excluding steroid dienone is 1. The molecule has 0 aromatic heterocycles. The molecule has 0 bridgehead atoms. The van der Waals surface area contributed by atoms with Crippen molar-refractivity contribution in [3.8, 4) is 0 Å². The van der Waals surface area contributed by atoms with Crippen molar-refractivity contribution in [2.24, 2.45) is 34.5 Å². The van der Waals surface area contributed by atoms with Crippen molar-refractivity contribution in [1.82, 2.24) is 0 Å². The van der Waals surface area contributed by atoms with Gasteiger partial charge in [0.2, 0.25) is 0 Å². The summed E-state index contributed by atoms with van der Waals surface area (Å²) in [5.41, 5.74) is -4.49. The fourth-order valence-corrected chi connectivity index (χ4v) is 9.90. The van der Waals surface area contributed by atoms with Crippen molar-refractivity contribution < 1.29 is 42.7 Å². The second-order valence-corrected chi connectivity index (χ2v) is 14.2. The van der Waals surface area contributed by atoms with Gasteiger partial charge in [-0.15, -0.1) is 0 Å². The van der Waals surface area contributed by atoms with Crippen molar-refractivity contribution in [2.75, 3.05) is 6.61 Å². The van der Waals surface area contributed by atoms with Crippen LogP contribution < -0.4 is 0 Å². The molecule has 0 heterocycles. The van der Waals surface area contributed by atoms with Crippen LogP contribution in [0.1, 0.15) is 85.5 Å². The first kappa shape index (κ1) is 29.4. The van der Waals surface area contributed by atoms with Gasteiger partial charge in [-0.2, -0.15) is 8.42 Å². The molecule has 11 unspecified atom stereocenters. The molecular weight excluding hydrogens is 500 g/mol. The molecule has 214 valence electrons. The van der Waals surface area contributed by atoms with E-state index < -0.39 is 56.7 Å². The van der Waals surface area contributed by atoms with Crippen LogP contribution in [0.15, 0.2) is 11.6 Å². The number of aliphatic hydroxyl groups excluding tert-OH is 3. The van der Waals surface area contributed by atoms with E-state index in [9.17, 15) is 38.5 Å². The van der Waals surface area contributed by atoms with Crippen LogP contribution in [-0.2, 0) is 14.6 Å². The van der Waals surface area contributed by atoms with Gasteiger partial charge in [0.1, 0.15) is 17.3 Å². The fourth-order valence-electron chi connectivity index (χ4n) is 9.39. The SMILES string of the molecule is CC(=CCCC(C)C1CC(OS(=O)(=O)O)C2(O)C1(C)CCC1C3(C)CCC(O)CC3C(O)CC12O)CO. The smallest absolute Gasteiger partial charge is 0.393 e. The average Bonchev–Trinajstić information content (AvgIpc) is 3.02. The fraction of sp³-hybridized carbons (Fsp3) is 0.926. The third kappa shape index (κ3) is 4.53. The molecule has 4 aliphatic rings. The molecule has 0 aromatic rings. The maximum atomic E-state index is 12.6. The Morgan fingerprint density at radius 2 is 1.81 bits per heavy atom. The highest BCUT2D eigenvalue weighted by Gasteiger charge is 2.79. The highest BCUT2D eigenvalue weighted by molar-refractivity contribution is 7.80. The Kier molecular flexibility index (Phi) is 7.79. The maximum absolute atomic E-state index is 12.6. The lowest BCUT2D eigenvalue weighted by molar-refractivity contribution is -0.328. The van der Waals surface area contributed by atoms with Crippen molar-refractivity contribution in [2.45, 2.75) is 115 Å². The van der Waals surface area contributed by atoms with Crippen LogP contribution in [-0.4, -0.2) is 74.6 Å². The summed E-state index contributed by atoms with van der Waals surface area (Å²) in [5.74, 6) is -0.868. The van der Waals surface area contributed by atoms with E-state index in [0.717, 1.165) is 12.0 Å². The second-order valence-electron chi connectivity index (χ2n) is 13.1. The van der Waals surface area contributed by atoms with Crippen molar-refractivity contribution in [3.05, 3.63) is 11.6 Å². The number of rotatable bonds is 7. The van der Waals surface area contributed by atoms with Crippen LogP contribution >= 0.6 is 0 Å². The quantitative estimate of drug-likeness (QED) is 0.208. The summed E-state index contributed by atoms with van der Waals surface area (Å²) in [4.78, 5) is 0. The zero-order valence-corrected chi connectivity index (χ0v) is 23.3. The standard InChI is InChI=1S/C27H46O9S/c1-16(15-28)6-5-7-17(2)19-13-23(36-37(33,34)35)27(32)25(19,4)11-9-22-24(3)10-8-18(29)12-20(24)21(30)14-26(22,27)31/h6,17-23,28-32H,5,7-15H2,1-4H3,(H,33,34,35). The Hall–Kier alpha value is -0.590. The van der Waals surface area contributed by atoms with Crippen molar-refractivity contribution in [3.63, 3.8) is 0 Å². The third-order valence-corrected chi connectivity index (χ3v) is 11.7. The molecule has 0 spiro atoms. The molecule has 11 atom stereocenters.